The van der Waals surface area contributed by atoms with Crippen LogP contribution >= 0.6 is 0 Å². The lowest BCUT2D eigenvalue weighted by Crippen LogP contribution is -2.64. The molecule has 2 aliphatic rings. The van der Waals surface area contributed by atoms with Gasteiger partial charge in [-0.25, -0.2) is 0 Å². The van der Waals surface area contributed by atoms with Gasteiger partial charge in [0.1, 0.15) is 59.1 Å². The normalized spacial score (nSPS) is 32.5. The molecular formula is C28H32O16. The number of ether oxygens (including phenoxy) is 5. The van der Waals surface area contributed by atoms with Crippen LogP contribution in [0.15, 0.2) is 39.5 Å². The summed E-state index contributed by atoms with van der Waals surface area (Å²) >= 11 is 0. The molecule has 3 heterocycles. The molecular weight excluding hydrogens is 592 g/mol. The average molecular weight is 625 g/mol. The zero-order valence-electron chi connectivity index (χ0n) is 23.3. The highest BCUT2D eigenvalue weighted by atomic mass is 16.8. The monoisotopic (exact) mass is 624 g/mol. The number of aliphatic hydroxyl groups excluding tert-OH is 6. The van der Waals surface area contributed by atoms with E-state index in [1.54, 1.807) is 0 Å². The van der Waals surface area contributed by atoms with E-state index in [-0.39, 0.29) is 34.2 Å². The molecule has 240 valence electrons. The Morgan fingerprint density at radius 2 is 1.57 bits per heavy atom. The number of aromatic hydroxyl groups is 3. The summed E-state index contributed by atoms with van der Waals surface area (Å²) in [7, 11) is 1.30. The molecule has 5 rings (SSSR count). The third-order valence-corrected chi connectivity index (χ3v) is 7.54. The number of hydrogen-bond acceptors (Lipinski definition) is 16. The average Bonchev–Trinajstić information content (AvgIpc) is 3.00. The summed E-state index contributed by atoms with van der Waals surface area (Å²) in [6, 6.07) is 6.02. The lowest BCUT2D eigenvalue weighted by Gasteiger charge is -2.45. The number of methoxy groups -OCH3 is 1. The van der Waals surface area contributed by atoms with Gasteiger partial charge < -0.3 is 74.1 Å². The van der Waals surface area contributed by atoms with Crippen molar-refractivity contribution in [3.8, 4) is 40.1 Å². The van der Waals surface area contributed by atoms with E-state index < -0.39 is 90.3 Å². The minimum absolute atomic E-state index is 0.0211. The van der Waals surface area contributed by atoms with Crippen LogP contribution in [-0.2, 0) is 14.2 Å². The molecule has 1 aromatic heterocycles. The first-order valence-electron chi connectivity index (χ1n) is 13.4. The molecule has 0 radical (unpaired) electrons. The van der Waals surface area contributed by atoms with Gasteiger partial charge in [-0.3, -0.25) is 4.79 Å². The van der Waals surface area contributed by atoms with Crippen LogP contribution in [-0.4, -0.2) is 121 Å². The summed E-state index contributed by atoms with van der Waals surface area (Å²) < 4.78 is 33.3. The highest BCUT2D eigenvalue weighted by Gasteiger charge is 2.51. The van der Waals surface area contributed by atoms with Crippen LogP contribution in [0.5, 0.6) is 28.7 Å². The van der Waals surface area contributed by atoms with E-state index in [9.17, 15) is 50.8 Å². The minimum atomic E-state index is -1.80. The summed E-state index contributed by atoms with van der Waals surface area (Å²) in [6.45, 7) is 0.645. The van der Waals surface area contributed by atoms with Gasteiger partial charge in [-0.05, 0) is 25.1 Å². The Hall–Kier alpha value is -3.71. The standard InChI is InChI=1S/C28H32O16/c1-9-18(32)21(35)24(38)27(40-9)44-26-22(36)19(33)16(8-29)43-28(26)41-11-6-13(31)17-15(7-11)42-25(23(37)20(17)34)10-3-4-12(30)14(5-10)39-2/h3-7,9,16,18-19,21-22,24,26-33,35-38H,8H2,1-2H3. The van der Waals surface area contributed by atoms with Crippen molar-refractivity contribution in [3.63, 3.8) is 0 Å². The highest BCUT2D eigenvalue weighted by Crippen LogP contribution is 2.39. The molecule has 10 unspecified atom stereocenters. The van der Waals surface area contributed by atoms with E-state index in [0.29, 0.717) is 0 Å². The van der Waals surface area contributed by atoms with Crippen molar-refractivity contribution in [2.45, 2.75) is 68.3 Å². The lowest BCUT2D eigenvalue weighted by atomic mass is 9.97. The molecule has 16 nitrogen and oxygen atoms in total. The first-order valence-corrected chi connectivity index (χ1v) is 13.4. The summed E-state index contributed by atoms with van der Waals surface area (Å²) in [5.74, 6) is -2.27. The fourth-order valence-electron chi connectivity index (χ4n) is 5.06. The molecule has 2 aromatic carbocycles. The van der Waals surface area contributed by atoms with Gasteiger partial charge in [0.05, 0.1) is 19.8 Å². The van der Waals surface area contributed by atoms with Crippen LogP contribution in [0.4, 0.5) is 0 Å². The van der Waals surface area contributed by atoms with Crippen LogP contribution in [0.25, 0.3) is 22.3 Å². The van der Waals surface area contributed by atoms with Crippen molar-refractivity contribution in [3.05, 3.63) is 40.6 Å². The first-order chi connectivity index (χ1) is 20.9. The maximum Gasteiger partial charge on any atom is 0.238 e. The van der Waals surface area contributed by atoms with Gasteiger partial charge in [-0.2, -0.15) is 0 Å². The maximum absolute atomic E-state index is 13.0. The second-order valence-corrected chi connectivity index (χ2v) is 10.4. The van der Waals surface area contributed by atoms with Crippen LogP contribution in [0, 0.1) is 0 Å². The lowest BCUT2D eigenvalue weighted by molar-refractivity contribution is -0.354. The van der Waals surface area contributed by atoms with Crippen molar-refractivity contribution >= 4 is 11.0 Å². The van der Waals surface area contributed by atoms with E-state index in [1.807, 2.05) is 0 Å². The van der Waals surface area contributed by atoms with Crippen LogP contribution in [0.2, 0.25) is 0 Å². The summed E-state index contributed by atoms with van der Waals surface area (Å²) in [5.41, 5.74) is -1.12. The molecule has 2 fully saturated rings. The Kier molecular flexibility index (Phi) is 8.90. The molecule has 0 saturated carbocycles. The van der Waals surface area contributed by atoms with Crippen molar-refractivity contribution in [2.24, 2.45) is 0 Å². The smallest absolute Gasteiger partial charge is 0.238 e. The second kappa shape index (κ2) is 12.4. The quantitative estimate of drug-likeness (QED) is 0.147. The van der Waals surface area contributed by atoms with Gasteiger partial charge in [0, 0.05) is 17.7 Å². The van der Waals surface area contributed by atoms with Gasteiger partial charge in [-0.1, -0.05) is 0 Å². The summed E-state index contributed by atoms with van der Waals surface area (Å²) in [6.07, 6.45) is -15.7. The Morgan fingerprint density at radius 3 is 2.25 bits per heavy atom. The molecule has 10 atom stereocenters. The second-order valence-electron chi connectivity index (χ2n) is 10.4. The minimum Gasteiger partial charge on any atom is -0.507 e. The SMILES string of the molecule is COc1cc(-c2oc3cc(OC4OC(CO)C(O)C(O)C4OC4OC(C)C(O)C(O)C4O)cc(O)c3c(=O)c2O)ccc1O. The van der Waals surface area contributed by atoms with E-state index in [2.05, 4.69) is 0 Å². The van der Waals surface area contributed by atoms with E-state index in [0.717, 1.165) is 12.1 Å². The maximum atomic E-state index is 13.0. The molecule has 0 spiro atoms. The van der Waals surface area contributed by atoms with E-state index >= 15 is 0 Å². The topological polar surface area (TPSA) is 258 Å². The van der Waals surface area contributed by atoms with Gasteiger partial charge in [0.2, 0.25) is 17.5 Å². The Morgan fingerprint density at radius 1 is 0.841 bits per heavy atom. The fraction of sp³-hybridized carbons (Fsp3) is 0.464. The third-order valence-electron chi connectivity index (χ3n) is 7.54. The molecule has 2 saturated heterocycles. The largest absolute Gasteiger partial charge is 0.507 e. The van der Waals surface area contributed by atoms with E-state index in [4.69, 9.17) is 28.1 Å². The van der Waals surface area contributed by atoms with Crippen molar-refractivity contribution in [1.29, 1.82) is 0 Å². The zero-order valence-corrected chi connectivity index (χ0v) is 23.3. The molecule has 3 aromatic rings. The van der Waals surface area contributed by atoms with Crippen LogP contribution in [0.1, 0.15) is 6.92 Å². The first kappa shape index (κ1) is 31.7. The molecule has 0 aliphatic carbocycles. The third kappa shape index (κ3) is 5.63. The Bertz CT molecular complexity index is 1560. The number of benzene rings is 2. The Balaban J connectivity index is 1.51. The number of phenols is 2. The molecule has 0 bridgehead atoms. The van der Waals surface area contributed by atoms with Gasteiger partial charge in [0.15, 0.2) is 29.7 Å². The van der Waals surface area contributed by atoms with Gasteiger partial charge >= 0.3 is 0 Å². The number of hydrogen-bond donors (Lipinski definition) is 9. The molecule has 44 heavy (non-hydrogen) atoms. The summed E-state index contributed by atoms with van der Waals surface area (Å²) in [4.78, 5) is 13.0. The number of aliphatic hydroxyl groups is 6. The number of rotatable bonds is 7. The number of fused-ring (bicyclic) bond motifs is 1. The summed E-state index contributed by atoms with van der Waals surface area (Å²) in [5, 5.41) is 92.3. The predicted molar refractivity (Wildman–Crippen MR) is 145 cm³/mol. The highest BCUT2D eigenvalue weighted by molar-refractivity contribution is 5.88. The van der Waals surface area contributed by atoms with Crippen LogP contribution < -0.4 is 14.9 Å². The Labute approximate surface area is 248 Å². The predicted octanol–water partition coefficient (Wildman–Crippen LogP) is -1.38. The molecule has 16 heteroatoms. The number of phenolic OH excluding ortho intramolecular Hbond substituents is 2. The zero-order chi connectivity index (χ0) is 32.0. The van der Waals surface area contributed by atoms with E-state index in [1.165, 1.54) is 32.2 Å². The molecule has 9 N–H and O–H groups in total. The van der Waals surface area contributed by atoms with Crippen LogP contribution in [0.3, 0.4) is 0 Å². The van der Waals surface area contributed by atoms with Crippen molar-refractivity contribution < 1.29 is 74.1 Å². The van der Waals surface area contributed by atoms with Gasteiger partial charge in [-0.15, -0.1) is 0 Å². The molecule has 0 amide bonds. The van der Waals surface area contributed by atoms with Crippen molar-refractivity contribution in [2.75, 3.05) is 13.7 Å². The fourth-order valence-corrected chi connectivity index (χ4v) is 5.06. The molecule has 2 aliphatic heterocycles. The van der Waals surface area contributed by atoms with Crippen molar-refractivity contribution in [1.82, 2.24) is 0 Å². The van der Waals surface area contributed by atoms with Gasteiger partial charge in [0.25, 0.3) is 0 Å².